The van der Waals surface area contributed by atoms with E-state index in [9.17, 15) is 9.90 Å². The number of amides is 1. The summed E-state index contributed by atoms with van der Waals surface area (Å²) < 4.78 is 6.15. The fourth-order valence-electron chi connectivity index (χ4n) is 3.87. The Bertz CT molecular complexity index is 1270. The van der Waals surface area contributed by atoms with Gasteiger partial charge in [0, 0.05) is 29.3 Å². The van der Waals surface area contributed by atoms with Gasteiger partial charge in [-0.15, -0.1) is 0 Å². The molecule has 1 aromatic heterocycles. The van der Waals surface area contributed by atoms with Crippen LogP contribution in [0, 0.1) is 0 Å². The van der Waals surface area contributed by atoms with Crippen LogP contribution in [0.5, 0.6) is 11.5 Å². The monoisotopic (exact) mass is 454 g/mol. The van der Waals surface area contributed by atoms with E-state index in [1.165, 1.54) is 5.56 Å². The summed E-state index contributed by atoms with van der Waals surface area (Å²) in [5.41, 5.74) is 3.89. The van der Waals surface area contributed by atoms with Crippen molar-refractivity contribution in [3.63, 3.8) is 0 Å². The van der Waals surface area contributed by atoms with Crippen molar-refractivity contribution in [2.45, 2.75) is 39.2 Å². The molecule has 5 heteroatoms. The van der Waals surface area contributed by atoms with Crippen molar-refractivity contribution in [2.24, 2.45) is 0 Å². The number of nitrogens with one attached hydrogen (secondary N) is 1. The van der Waals surface area contributed by atoms with Crippen LogP contribution >= 0.6 is 0 Å². The number of pyridine rings is 1. The van der Waals surface area contributed by atoms with E-state index < -0.39 is 0 Å². The number of ether oxygens (including phenoxy) is 1. The maximum Gasteiger partial charge on any atom is 0.251 e. The molecule has 1 unspecified atom stereocenters. The van der Waals surface area contributed by atoms with Crippen LogP contribution in [0.2, 0.25) is 0 Å². The molecule has 5 nitrogen and oxygen atoms in total. The number of phenolic OH excluding ortho intramolecular Hbond substituents is 1. The Balaban J connectivity index is 1.57. The highest BCUT2D eigenvalue weighted by atomic mass is 16.5. The number of carbonyl (C=O) groups excluding carboxylic acids is 1. The third kappa shape index (κ3) is 5.54. The topological polar surface area (TPSA) is 71.5 Å². The van der Waals surface area contributed by atoms with Crippen LogP contribution in [0.1, 0.15) is 42.6 Å². The fourth-order valence-corrected chi connectivity index (χ4v) is 3.87. The molecule has 0 spiro atoms. The molecule has 0 aliphatic rings. The number of fused-ring (bicyclic) bond motifs is 1. The standard InChI is InChI=1S/C29H30N2O3/c1-3-20(2)34-27-14-13-23(29(33)31-16-7-11-21-9-5-4-6-10-21)18-25(27)24-17-22-12-8-15-30-28(22)26(32)19-24/h4-6,8-10,12-15,17-20,32H,3,7,11,16H2,1-2H3,(H,31,33). The molecule has 1 amide bonds. The van der Waals surface area contributed by atoms with Crippen molar-refractivity contribution in [3.05, 3.63) is 90.1 Å². The second-order valence-corrected chi connectivity index (χ2v) is 8.46. The molecule has 2 N–H and O–H groups in total. The number of aromatic hydroxyl groups is 1. The molecule has 0 saturated heterocycles. The molecular formula is C29H30N2O3. The van der Waals surface area contributed by atoms with Crippen molar-refractivity contribution < 1.29 is 14.6 Å². The van der Waals surface area contributed by atoms with E-state index in [-0.39, 0.29) is 17.8 Å². The smallest absolute Gasteiger partial charge is 0.251 e. The zero-order valence-electron chi connectivity index (χ0n) is 19.6. The minimum atomic E-state index is -0.129. The van der Waals surface area contributed by atoms with E-state index in [4.69, 9.17) is 4.74 Å². The lowest BCUT2D eigenvalue weighted by Gasteiger charge is -2.18. The van der Waals surface area contributed by atoms with E-state index in [0.717, 1.165) is 35.8 Å². The Kier molecular flexibility index (Phi) is 7.43. The Labute approximate surface area is 200 Å². The summed E-state index contributed by atoms with van der Waals surface area (Å²) in [6.45, 7) is 4.67. The Morgan fingerprint density at radius 2 is 1.88 bits per heavy atom. The number of nitrogens with zero attached hydrogens (tertiary/aromatic N) is 1. The molecule has 0 aliphatic carbocycles. The van der Waals surface area contributed by atoms with Gasteiger partial charge >= 0.3 is 0 Å². The third-order valence-electron chi connectivity index (χ3n) is 5.91. The largest absolute Gasteiger partial charge is 0.506 e. The van der Waals surface area contributed by atoms with Crippen molar-refractivity contribution >= 4 is 16.8 Å². The molecule has 0 aliphatic heterocycles. The highest BCUT2D eigenvalue weighted by Gasteiger charge is 2.16. The first-order chi connectivity index (χ1) is 16.5. The lowest BCUT2D eigenvalue weighted by molar-refractivity contribution is 0.0953. The predicted octanol–water partition coefficient (Wildman–Crippen LogP) is 6.15. The molecule has 174 valence electrons. The number of benzene rings is 3. The molecule has 0 saturated carbocycles. The fraction of sp³-hybridized carbons (Fsp3) is 0.241. The summed E-state index contributed by atoms with van der Waals surface area (Å²) in [5.74, 6) is 0.645. The van der Waals surface area contributed by atoms with Crippen molar-refractivity contribution in [1.29, 1.82) is 0 Å². The second kappa shape index (κ2) is 10.8. The van der Waals surface area contributed by atoms with Gasteiger partial charge in [0.05, 0.1) is 6.10 Å². The van der Waals surface area contributed by atoms with Crippen LogP contribution in [0.15, 0.2) is 79.0 Å². The number of carbonyl (C=O) groups is 1. The molecular weight excluding hydrogens is 424 g/mol. The third-order valence-corrected chi connectivity index (χ3v) is 5.91. The zero-order chi connectivity index (χ0) is 23.9. The molecule has 1 atom stereocenters. The van der Waals surface area contributed by atoms with Gasteiger partial charge in [-0.1, -0.05) is 43.3 Å². The lowest BCUT2D eigenvalue weighted by Crippen LogP contribution is -2.24. The Hall–Kier alpha value is -3.86. The van der Waals surface area contributed by atoms with E-state index >= 15 is 0 Å². The molecule has 4 rings (SSSR count). The first-order valence-electron chi connectivity index (χ1n) is 11.8. The molecule has 0 radical (unpaired) electrons. The van der Waals surface area contributed by atoms with Gasteiger partial charge in [0.2, 0.25) is 0 Å². The van der Waals surface area contributed by atoms with E-state index in [2.05, 4.69) is 29.4 Å². The van der Waals surface area contributed by atoms with Crippen LogP contribution in [0.4, 0.5) is 0 Å². The van der Waals surface area contributed by atoms with Crippen molar-refractivity contribution in [3.8, 4) is 22.6 Å². The summed E-state index contributed by atoms with van der Waals surface area (Å²) in [5, 5.41) is 14.4. The molecule has 4 aromatic rings. The molecule has 0 fully saturated rings. The average molecular weight is 455 g/mol. The summed E-state index contributed by atoms with van der Waals surface area (Å²) in [6, 6.07) is 23.1. The van der Waals surface area contributed by atoms with Crippen LogP contribution in [-0.4, -0.2) is 28.6 Å². The van der Waals surface area contributed by atoms with Crippen LogP contribution in [0.25, 0.3) is 22.0 Å². The quantitative estimate of drug-likeness (QED) is 0.298. The first kappa shape index (κ1) is 23.3. The van der Waals surface area contributed by atoms with Crippen LogP contribution in [0.3, 0.4) is 0 Å². The van der Waals surface area contributed by atoms with Gasteiger partial charge in [0.25, 0.3) is 5.91 Å². The SMILES string of the molecule is CCC(C)Oc1ccc(C(=O)NCCCc2ccccc2)cc1-c1cc(O)c2ncccc2c1. The maximum atomic E-state index is 12.9. The second-order valence-electron chi connectivity index (χ2n) is 8.46. The van der Waals surface area contributed by atoms with Crippen LogP contribution in [-0.2, 0) is 6.42 Å². The summed E-state index contributed by atoms with van der Waals surface area (Å²) in [4.78, 5) is 17.2. The molecule has 0 bridgehead atoms. The number of phenols is 1. The van der Waals surface area contributed by atoms with Gasteiger partial charge in [0.15, 0.2) is 0 Å². The minimum absolute atomic E-state index is 0.0205. The van der Waals surface area contributed by atoms with E-state index in [0.29, 0.717) is 23.4 Å². The molecule has 1 heterocycles. The Morgan fingerprint density at radius 3 is 2.68 bits per heavy atom. The van der Waals surface area contributed by atoms with E-state index in [1.54, 1.807) is 18.3 Å². The van der Waals surface area contributed by atoms with Gasteiger partial charge in [-0.25, -0.2) is 0 Å². The highest BCUT2D eigenvalue weighted by molar-refractivity contribution is 5.97. The van der Waals surface area contributed by atoms with E-state index in [1.807, 2.05) is 55.5 Å². The zero-order valence-corrected chi connectivity index (χ0v) is 19.6. The minimum Gasteiger partial charge on any atom is -0.506 e. The lowest BCUT2D eigenvalue weighted by atomic mass is 9.99. The summed E-state index contributed by atoms with van der Waals surface area (Å²) in [7, 11) is 0. The van der Waals surface area contributed by atoms with Crippen molar-refractivity contribution in [1.82, 2.24) is 10.3 Å². The van der Waals surface area contributed by atoms with Gasteiger partial charge in [-0.3, -0.25) is 9.78 Å². The maximum absolute atomic E-state index is 12.9. The molecule has 3 aromatic carbocycles. The average Bonchev–Trinajstić information content (AvgIpc) is 2.87. The van der Waals surface area contributed by atoms with Gasteiger partial charge in [0.1, 0.15) is 17.0 Å². The van der Waals surface area contributed by atoms with Crippen molar-refractivity contribution in [2.75, 3.05) is 6.54 Å². The number of aromatic nitrogens is 1. The normalized spacial score (nSPS) is 11.8. The predicted molar refractivity (Wildman–Crippen MR) is 136 cm³/mol. The first-order valence-corrected chi connectivity index (χ1v) is 11.8. The van der Waals surface area contributed by atoms with Gasteiger partial charge in [-0.05, 0) is 73.7 Å². The number of aryl methyl sites for hydroxylation is 1. The summed E-state index contributed by atoms with van der Waals surface area (Å²) in [6.07, 6.45) is 4.31. The summed E-state index contributed by atoms with van der Waals surface area (Å²) >= 11 is 0. The molecule has 34 heavy (non-hydrogen) atoms. The Morgan fingerprint density at radius 1 is 1.06 bits per heavy atom. The number of hydrogen-bond acceptors (Lipinski definition) is 4. The van der Waals surface area contributed by atoms with Gasteiger partial charge < -0.3 is 15.2 Å². The highest BCUT2D eigenvalue weighted by Crippen LogP contribution is 2.36. The van der Waals surface area contributed by atoms with Crippen LogP contribution < -0.4 is 10.1 Å². The van der Waals surface area contributed by atoms with Gasteiger partial charge in [-0.2, -0.15) is 0 Å². The number of hydrogen-bond donors (Lipinski definition) is 2. The number of rotatable bonds is 9.